The van der Waals surface area contributed by atoms with E-state index in [-0.39, 0.29) is 17.5 Å². The number of benzene rings is 2. The Morgan fingerprint density at radius 3 is 2.46 bits per heavy atom. The van der Waals surface area contributed by atoms with Crippen molar-refractivity contribution in [3.8, 4) is 17.2 Å². The van der Waals surface area contributed by atoms with Crippen LogP contribution in [0.5, 0.6) is 11.5 Å². The Bertz CT molecular complexity index is 1640. The van der Waals surface area contributed by atoms with Crippen LogP contribution in [0.4, 0.5) is 16.3 Å². The van der Waals surface area contributed by atoms with E-state index >= 15 is 0 Å². The summed E-state index contributed by atoms with van der Waals surface area (Å²) in [6.07, 6.45) is 5.06. The highest BCUT2D eigenvalue weighted by Crippen LogP contribution is 2.26. The number of carbonyl (C=O) groups is 2. The van der Waals surface area contributed by atoms with Gasteiger partial charge in [-0.25, -0.2) is 9.48 Å². The van der Waals surface area contributed by atoms with Crippen molar-refractivity contribution in [2.75, 3.05) is 17.7 Å². The van der Waals surface area contributed by atoms with Crippen LogP contribution >= 0.6 is 0 Å². The normalized spacial score (nSPS) is 10.9. The number of nitrogens with zero attached hydrogens (tertiary/aromatic N) is 4. The highest BCUT2D eigenvalue weighted by Gasteiger charge is 2.15. The first-order valence-electron chi connectivity index (χ1n) is 12.4. The zero-order chi connectivity index (χ0) is 27.4. The first-order chi connectivity index (χ1) is 18.9. The molecule has 3 amide bonds. The summed E-state index contributed by atoms with van der Waals surface area (Å²) in [4.78, 5) is 32.9. The molecule has 0 unspecified atom stereocenters. The van der Waals surface area contributed by atoms with Gasteiger partial charge < -0.3 is 15.4 Å². The molecule has 0 aliphatic rings. The van der Waals surface area contributed by atoms with Crippen molar-refractivity contribution in [2.45, 2.75) is 19.8 Å². The van der Waals surface area contributed by atoms with Gasteiger partial charge in [0.1, 0.15) is 23.0 Å². The molecule has 3 aromatic heterocycles. The average molecular weight is 522 g/mol. The Morgan fingerprint density at radius 1 is 0.872 bits per heavy atom. The second-order valence-electron chi connectivity index (χ2n) is 9.09. The molecule has 5 rings (SSSR count). The highest BCUT2D eigenvalue weighted by molar-refractivity contribution is 5.99. The van der Waals surface area contributed by atoms with E-state index in [0.29, 0.717) is 23.0 Å². The predicted octanol–water partition coefficient (Wildman–Crippen LogP) is 5.73. The molecule has 196 valence electrons. The summed E-state index contributed by atoms with van der Waals surface area (Å²) in [6, 6.07) is 19.5. The largest absolute Gasteiger partial charge is 0.457 e. The van der Waals surface area contributed by atoms with Gasteiger partial charge in [0.25, 0.3) is 5.91 Å². The van der Waals surface area contributed by atoms with Crippen LogP contribution in [0.3, 0.4) is 0 Å². The molecule has 0 aliphatic heterocycles. The molecular weight excluding hydrogens is 494 g/mol. The molecular formula is C29H27N7O3. The lowest BCUT2D eigenvalue weighted by Crippen LogP contribution is -2.21. The summed E-state index contributed by atoms with van der Waals surface area (Å²) in [5.41, 5.74) is 2.52. The van der Waals surface area contributed by atoms with E-state index in [4.69, 9.17) is 9.84 Å². The minimum Gasteiger partial charge on any atom is -0.457 e. The molecule has 0 bridgehead atoms. The monoisotopic (exact) mass is 521 g/mol. The number of rotatable bonds is 7. The number of hydrogen-bond donors (Lipinski definition) is 3. The van der Waals surface area contributed by atoms with Gasteiger partial charge in [-0.2, -0.15) is 5.10 Å². The van der Waals surface area contributed by atoms with Gasteiger partial charge in [-0.3, -0.25) is 20.1 Å². The molecule has 0 aliphatic carbocycles. The Balaban J connectivity index is 1.29. The molecule has 3 heterocycles. The van der Waals surface area contributed by atoms with Crippen molar-refractivity contribution in [3.05, 3.63) is 96.7 Å². The minimum absolute atomic E-state index is 0.180. The van der Waals surface area contributed by atoms with Crippen LogP contribution in [-0.4, -0.2) is 38.7 Å². The molecule has 0 atom stereocenters. The number of anilines is 2. The molecule has 0 spiro atoms. The van der Waals surface area contributed by atoms with Crippen LogP contribution in [0.15, 0.2) is 85.3 Å². The summed E-state index contributed by atoms with van der Waals surface area (Å²) in [5.74, 6) is 1.45. The number of hydrogen-bond acceptors (Lipinski definition) is 6. The van der Waals surface area contributed by atoms with E-state index in [9.17, 15) is 9.59 Å². The lowest BCUT2D eigenvalue weighted by Gasteiger charge is -2.11. The zero-order valence-corrected chi connectivity index (χ0v) is 21.7. The average Bonchev–Trinajstić information content (AvgIpc) is 3.37. The fraction of sp³-hybridized carbons (Fsp3) is 0.138. The maximum atomic E-state index is 12.9. The van der Waals surface area contributed by atoms with Crippen molar-refractivity contribution < 1.29 is 14.3 Å². The van der Waals surface area contributed by atoms with Crippen LogP contribution in [-0.2, 0) is 0 Å². The Morgan fingerprint density at radius 2 is 1.69 bits per heavy atom. The molecule has 0 radical (unpaired) electrons. The van der Waals surface area contributed by atoms with E-state index < -0.39 is 6.03 Å². The van der Waals surface area contributed by atoms with E-state index in [1.807, 2.05) is 36.5 Å². The second kappa shape index (κ2) is 11.0. The van der Waals surface area contributed by atoms with Crippen LogP contribution in [0.25, 0.3) is 16.5 Å². The molecule has 10 heteroatoms. The standard InChI is InChI=1S/C29H27N7O3/c1-18(2)25-16-27(36(35-25)22-7-4-20-17-31-12-10-19(20)14-22)34-29(38)33-21-5-8-23(9-6-21)39-24-11-13-32-26(15-24)28(37)30-3/h4-18H,1-3H3,(H,30,37)(H2,33,34,38). The quantitative estimate of drug-likeness (QED) is 0.251. The Kier molecular flexibility index (Phi) is 7.17. The van der Waals surface area contributed by atoms with E-state index in [2.05, 4.69) is 39.8 Å². The van der Waals surface area contributed by atoms with E-state index in [1.165, 1.54) is 13.2 Å². The van der Waals surface area contributed by atoms with Gasteiger partial charge in [-0.15, -0.1) is 0 Å². The summed E-state index contributed by atoms with van der Waals surface area (Å²) in [7, 11) is 1.54. The smallest absolute Gasteiger partial charge is 0.324 e. The van der Waals surface area contributed by atoms with Crippen LogP contribution in [0.2, 0.25) is 0 Å². The second-order valence-corrected chi connectivity index (χ2v) is 9.09. The van der Waals surface area contributed by atoms with Crippen molar-refractivity contribution in [1.82, 2.24) is 25.1 Å². The predicted molar refractivity (Wildman–Crippen MR) is 150 cm³/mol. The number of aromatic nitrogens is 4. The highest BCUT2D eigenvalue weighted by atomic mass is 16.5. The van der Waals surface area contributed by atoms with Crippen LogP contribution in [0.1, 0.15) is 35.9 Å². The van der Waals surface area contributed by atoms with Gasteiger partial charge in [-0.1, -0.05) is 19.9 Å². The van der Waals surface area contributed by atoms with Crippen LogP contribution in [0, 0.1) is 0 Å². The van der Waals surface area contributed by atoms with Gasteiger partial charge in [-0.05, 0) is 59.8 Å². The molecule has 10 nitrogen and oxygen atoms in total. The van der Waals surface area contributed by atoms with Gasteiger partial charge >= 0.3 is 6.03 Å². The minimum atomic E-state index is -0.408. The van der Waals surface area contributed by atoms with Crippen molar-refractivity contribution in [3.63, 3.8) is 0 Å². The molecule has 3 N–H and O–H groups in total. The van der Waals surface area contributed by atoms with Gasteiger partial charge in [0.15, 0.2) is 0 Å². The number of ether oxygens (including phenoxy) is 1. The fourth-order valence-corrected chi connectivity index (χ4v) is 3.92. The number of urea groups is 1. The summed E-state index contributed by atoms with van der Waals surface area (Å²) in [5, 5.41) is 15.1. The van der Waals surface area contributed by atoms with Crippen molar-refractivity contribution >= 4 is 34.2 Å². The Labute approximate surface area is 225 Å². The lowest BCUT2D eigenvalue weighted by molar-refractivity contribution is 0.0958. The summed E-state index contributed by atoms with van der Waals surface area (Å²) in [6.45, 7) is 4.11. The van der Waals surface area contributed by atoms with E-state index in [0.717, 1.165) is 22.2 Å². The van der Waals surface area contributed by atoms with E-state index in [1.54, 1.807) is 47.3 Å². The zero-order valence-electron chi connectivity index (χ0n) is 21.7. The lowest BCUT2D eigenvalue weighted by atomic mass is 10.1. The summed E-state index contributed by atoms with van der Waals surface area (Å²) < 4.78 is 7.56. The molecule has 0 saturated heterocycles. The van der Waals surface area contributed by atoms with Crippen LogP contribution < -0.4 is 20.7 Å². The van der Waals surface area contributed by atoms with Crippen molar-refractivity contribution in [1.29, 1.82) is 0 Å². The molecule has 5 aromatic rings. The van der Waals surface area contributed by atoms with Gasteiger partial charge in [0, 0.05) is 48.8 Å². The molecule has 0 fully saturated rings. The fourth-order valence-electron chi connectivity index (χ4n) is 3.92. The number of amides is 3. The summed E-state index contributed by atoms with van der Waals surface area (Å²) >= 11 is 0. The van der Waals surface area contributed by atoms with Gasteiger partial charge in [0.2, 0.25) is 0 Å². The number of nitrogens with one attached hydrogen (secondary N) is 3. The topological polar surface area (TPSA) is 123 Å². The third-order valence-electron chi connectivity index (χ3n) is 5.97. The third kappa shape index (κ3) is 5.85. The SMILES string of the molecule is CNC(=O)c1cc(Oc2ccc(NC(=O)Nc3cc(C(C)C)nn3-c3ccc4cnccc4c3)cc2)ccn1. The maximum absolute atomic E-state index is 12.9. The van der Waals surface area contributed by atoms with Crippen molar-refractivity contribution in [2.24, 2.45) is 0 Å². The van der Waals surface area contributed by atoms with Gasteiger partial charge in [0.05, 0.1) is 11.4 Å². The first-order valence-corrected chi connectivity index (χ1v) is 12.4. The number of carbonyl (C=O) groups excluding carboxylic acids is 2. The number of pyridine rings is 2. The molecule has 39 heavy (non-hydrogen) atoms. The number of fused-ring (bicyclic) bond motifs is 1. The molecule has 0 saturated carbocycles. The Hall–Kier alpha value is -5.25. The maximum Gasteiger partial charge on any atom is 0.324 e. The third-order valence-corrected chi connectivity index (χ3v) is 5.97. The molecule has 2 aromatic carbocycles. The first kappa shape index (κ1) is 25.4.